The maximum atomic E-state index is 6.21. The zero-order valence-electron chi connectivity index (χ0n) is 10.6. The maximum Gasteiger partial charge on any atom is 0.117 e. The summed E-state index contributed by atoms with van der Waals surface area (Å²) in [4.78, 5) is 0. The fraction of sp³-hybridized carbons (Fsp3) is 0.357. The summed E-state index contributed by atoms with van der Waals surface area (Å²) in [6, 6.07) is 5.75. The van der Waals surface area contributed by atoms with Gasteiger partial charge in [0.1, 0.15) is 5.69 Å². The molecule has 1 fully saturated rings. The van der Waals surface area contributed by atoms with E-state index in [0.717, 1.165) is 17.2 Å². The average Bonchev–Trinajstić information content (AvgIpc) is 3.13. The van der Waals surface area contributed by atoms with Gasteiger partial charge in [-0.15, -0.1) is 0 Å². The first-order valence-corrected chi connectivity index (χ1v) is 7.12. The normalized spacial score (nSPS) is 16.6. The lowest BCUT2D eigenvalue weighted by Crippen LogP contribution is -2.07. The van der Waals surface area contributed by atoms with E-state index >= 15 is 0 Å². The quantitative estimate of drug-likeness (QED) is 0.911. The molecule has 3 rings (SSSR count). The molecule has 1 heterocycles. The van der Waals surface area contributed by atoms with Gasteiger partial charge in [-0.25, -0.2) is 0 Å². The van der Waals surface area contributed by atoms with E-state index in [9.17, 15) is 0 Å². The van der Waals surface area contributed by atoms with Crippen molar-refractivity contribution in [3.8, 4) is 11.3 Å². The first-order chi connectivity index (χ1) is 9.06. The molecule has 0 aliphatic heterocycles. The van der Waals surface area contributed by atoms with Gasteiger partial charge in [0.15, 0.2) is 0 Å². The number of rotatable bonds is 3. The highest BCUT2D eigenvalue weighted by atomic mass is 35.5. The predicted molar refractivity (Wildman–Crippen MR) is 79.5 cm³/mol. The van der Waals surface area contributed by atoms with E-state index in [0.29, 0.717) is 21.8 Å². The first-order valence-electron chi connectivity index (χ1n) is 6.36. The van der Waals surface area contributed by atoms with Crippen molar-refractivity contribution in [3.63, 3.8) is 0 Å². The third-order valence-corrected chi connectivity index (χ3v) is 4.22. The Bertz CT molecular complexity index is 617. The molecule has 1 aliphatic carbocycles. The van der Waals surface area contributed by atoms with Gasteiger partial charge in [0.05, 0.1) is 16.8 Å². The van der Waals surface area contributed by atoms with Crippen molar-refractivity contribution in [1.82, 2.24) is 9.78 Å². The molecule has 5 heteroatoms. The number of halogens is 2. The fourth-order valence-electron chi connectivity index (χ4n) is 2.30. The van der Waals surface area contributed by atoms with E-state index in [1.807, 2.05) is 16.9 Å². The summed E-state index contributed by atoms with van der Waals surface area (Å²) in [5.41, 5.74) is 8.27. The van der Waals surface area contributed by atoms with Crippen LogP contribution in [0.4, 0.5) is 5.69 Å². The Morgan fingerprint density at radius 1 is 1.37 bits per heavy atom. The molecule has 0 spiro atoms. The Morgan fingerprint density at radius 3 is 2.74 bits per heavy atom. The molecule has 1 unspecified atom stereocenters. The first kappa shape index (κ1) is 12.8. The summed E-state index contributed by atoms with van der Waals surface area (Å²) in [5, 5.41) is 5.78. The van der Waals surface area contributed by atoms with E-state index in [-0.39, 0.29) is 0 Å². The summed E-state index contributed by atoms with van der Waals surface area (Å²) in [7, 11) is 0. The second-order valence-corrected chi connectivity index (χ2v) is 5.96. The molecular formula is C14H15Cl2N3. The van der Waals surface area contributed by atoms with Crippen molar-refractivity contribution in [2.24, 2.45) is 5.92 Å². The number of benzene rings is 1. The molecule has 0 amide bonds. The number of nitrogens with zero attached hydrogens (tertiary/aromatic N) is 2. The zero-order valence-corrected chi connectivity index (χ0v) is 12.1. The summed E-state index contributed by atoms with van der Waals surface area (Å²) in [6.07, 6.45) is 4.44. The number of anilines is 1. The summed E-state index contributed by atoms with van der Waals surface area (Å²) < 4.78 is 1.95. The Hall–Kier alpha value is -1.19. The highest BCUT2D eigenvalue weighted by molar-refractivity contribution is 6.36. The van der Waals surface area contributed by atoms with Gasteiger partial charge in [-0.1, -0.05) is 23.2 Å². The molecule has 0 saturated heterocycles. The second kappa shape index (κ2) is 4.73. The van der Waals surface area contributed by atoms with Gasteiger partial charge in [-0.05, 0) is 43.9 Å². The van der Waals surface area contributed by atoms with Gasteiger partial charge in [-0.3, -0.25) is 4.68 Å². The van der Waals surface area contributed by atoms with Crippen LogP contribution in [0.2, 0.25) is 10.0 Å². The van der Waals surface area contributed by atoms with E-state index in [2.05, 4.69) is 12.0 Å². The summed E-state index contributed by atoms with van der Waals surface area (Å²) in [5.74, 6) is 0.729. The van der Waals surface area contributed by atoms with Crippen LogP contribution in [0.1, 0.15) is 25.8 Å². The van der Waals surface area contributed by atoms with Crippen LogP contribution in [0, 0.1) is 5.92 Å². The van der Waals surface area contributed by atoms with Gasteiger partial charge in [0.25, 0.3) is 0 Å². The van der Waals surface area contributed by atoms with Crippen LogP contribution < -0.4 is 5.73 Å². The van der Waals surface area contributed by atoms with Crippen LogP contribution in [0.5, 0.6) is 0 Å². The van der Waals surface area contributed by atoms with Crippen LogP contribution in [-0.4, -0.2) is 9.78 Å². The lowest BCUT2D eigenvalue weighted by molar-refractivity contribution is 0.441. The highest BCUT2D eigenvalue weighted by Gasteiger charge is 2.30. The van der Waals surface area contributed by atoms with E-state index in [4.69, 9.17) is 28.9 Å². The molecule has 2 aromatic rings. The molecular weight excluding hydrogens is 281 g/mol. The Morgan fingerprint density at radius 2 is 2.11 bits per heavy atom. The molecule has 1 atom stereocenters. The molecule has 1 saturated carbocycles. The SMILES string of the molecule is CC(C1CC1)n1cc(N)c(-c2ccc(Cl)cc2Cl)n1. The molecule has 100 valence electrons. The number of hydrogen-bond donors (Lipinski definition) is 1. The number of nitrogen functional groups attached to an aromatic ring is 1. The van der Waals surface area contributed by atoms with Crippen molar-refractivity contribution >= 4 is 28.9 Å². The van der Waals surface area contributed by atoms with E-state index in [1.54, 1.807) is 12.1 Å². The summed E-state index contributed by atoms with van der Waals surface area (Å²) >= 11 is 12.1. The van der Waals surface area contributed by atoms with E-state index < -0.39 is 0 Å². The summed E-state index contributed by atoms with van der Waals surface area (Å²) in [6.45, 7) is 2.18. The second-order valence-electron chi connectivity index (χ2n) is 5.12. The van der Waals surface area contributed by atoms with Crippen LogP contribution in [-0.2, 0) is 0 Å². The largest absolute Gasteiger partial charge is 0.396 e. The van der Waals surface area contributed by atoms with Crippen molar-refractivity contribution in [1.29, 1.82) is 0 Å². The monoisotopic (exact) mass is 295 g/mol. The van der Waals surface area contributed by atoms with Gasteiger partial charge >= 0.3 is 0 Å². The van der Waals surface area contributed by atoms with Gasteiger partial charge in [0.2, 0.25) is 0 Å². The maximum absolute atomic E-state index is 6.21. The number of aromatic nitrogens is 2. The van der Waals surface area contributed by atoms with Gasteiger partial charge < -0.3 is 5.73 Å². The van der Waals surface area contributed by atoms with Crippen molar-refractivity contribution in [2.75, 3.05) is 5.73 Å². The molecule has 19 heavy (non-hydrogen) atoms. The standard InChI is InChI=1S/C14H15Cl2N3/c1-8(9-2-3-9)19-7-13(17)14(18-19)11-5-4-10(15)6-12(11)16/h4-9H,2-3,17H2,1H3. The Kier molecular flexibility index (Phi) is 3.19. The minimum Gasteiger partial charge on any atom is -0.396 e. The van der Waals surface area contributed by atoms with Gasteiger partial charge in [0, 0.05) is 16.8 Å². The van der Waals surface area contributed by atoms with Crippen molar-refractivity contribution in [2.45, 2.75) is 25.8 Å². The molecule has 0 radical (unpaired) electrons. The van der Waals surface area contributed by atoms with Crippen molar-refractivity contribution < 1.29 is 0 Å². The number of nitrogens with two attached hydrogens (primary N) is 1. The van der Waals surface area contributed by atoms with Crippen LogP contribution in [0.25, 0.3) is 11.3 Å². The van der Waals surface area contributed by atoms with Crippen LogP contribution in [0.15, 0.2) is 24.4 Å². The smallest absolute Gasteiger partial charge is 0.117 e. The third kappa shape index (κ3) is 2.45. The highest BCUT2D eigenvalue weighted by Crippen LogP contribution is 2.40. The van der Waals surface area contributed by atoms with Gasteiger partial charge in [-0.2, -0.15) is 5.10 Å². The Balaban J connectivity index is 2.00. The number of hydrogen-bond acceptors (Lipinski definition) is 2. The lowest BCUT2D eigenvalue weighted by Gasteiger charge is -2.09. The average molecular weight is 296 g/mol. The zero-order chi connectivity index (χ0) is 13.6. The topological polar surface area (TPSA) is 43.8 Å². The molecule has 1 aromatic heterocycles. The molecule has 0 bridgehead atoms. The third-order valence-electron chi connectivity index (χ3n) is 3.67. The lowest BCUT2D eigenvalue weighted by atomic mass is 10.1. The molecule has 1 aliphatic rings. The van der Waals surface area contributed by atoms with Crippen LogP contribution >= 0.6 is 23.2 Å². The van der Waals surface area contributed by atoms with Crippen molar-refractivity contribution in [3.05, 3.63) is 34.4 Å². The minimum absolute atomic E-state index is 0.391. The molecule has 1 aromatic carbocycles. The molecule has 2 N–H and O–H groups in total. The predicted octanol–water partition coefficient (Wildman–Crippen LogP) is 4.41. The minimum atomic E-state index is 0.391. The fourth-order valence-corrected chi connectivity index (χ4v) is 2.80. The Labute approximate surface area is 122 Å². The van der Waals surface area contributed by atoms with Crippen LogP contribution in [0.3, 0.4) is 0 Å². The molecule has 3 nitrogen and oxygen atoms in total. The van der Waals surface area contributed by atoms with E-state index in [1.165, 1.54) is 12.8 Å².